The van der Waals surface area contributed by atoms with Crippen molar-refractivity contribution in [2.45, 2.75) is 99.0 Å². The van der Waals surface area contributed by atoms with Gasteiger partial charge in [-0.2, -0.15) is 0 Å². The lowest BCUT2D eigenvalue weighted by atomic mass is 9.95. The molecule has 0 aromatic carbocycles. The van der Waals surface area contributed by atoms with Gasteiger partial charge in [0, 0.05) is 6.92 Å². The highest BCUT2D eigenvalue weighted by atomic mass is 31.2. The van der Waals surface area contributed by atoms with Crippen LogP contribution < -0.4 is 5.32 Å². The van der Waals surface area contributed by atoms with Crippen LogP contribution in [0.4, 0.5) is 0 Å². The van der Waals surface area contributed by atoms with Crippen LogP contribution in [-0.2, 0) is 37.6 Å². The Hall–Kier alpha value is -0.980. The number of phosphoric ester groups is 1. The van der Waals surface area contributed by atoms with Gasteiger partial charge in [0.2, 0.25) is 5.91 Å². The molecule has 3 heterocycles. The van der Waals surface area contributed by atoms with Gasteiger partial charge in [-0.1, -0.05) is 0 Å². The van der Waals surface area contributed by atoms with Crippen molar-refractivity contribution in [1.29, 1.82) is 0 Å². The maximum atomic E-state index is 11.6. The van der Waals surface area contributed by atoms with E-state index in [-0.39, 0.29) is 0 Å². The van der Waals surface area contributed by atoms with E-state index >= 15 is 0 Å². The van der Waals surface area contributed by atoms with Gasteiger partial charge in [0.15, 0.2) is 18.9 Å². The second-order valence-corrected chi connectivity index (χ2v) is 10.9. The van der Waals surface area contributed by atoms with Crippen LogP contribution in [0, 0.1) is 0 Å². The van der Waals surface area contributed by atoms with Gasteiger partial charge in [-0.25, -0.2) is 4.57 Å². The lowest BCUT2D eigenvalue weighted by molar-refractivity contribution is -0.353. The number of aliphatic hydroxyl groups excluding tert-OH is 9. The van der Waals surface area contributed by atoms with Gasteiger partial charge >= 0.3 is 7.82 Å². The molecule has 1 unspecified atom stereocenters. The minimum atomic E-state index is -5.39. The Kier molecular flexibility index (Phi) is 12.0. The van der Waals surface area contributed by atoms with Gasteiger partial charge in [-0.15, -0.1) is 0 Å². The van der Waals surface area contributed by atoms with E-state index in [4.69, 9.17) is 23.7 Å². The molecular formula is C20H36NO19P. The van der Waals surface area contributed by atoms with Crippen LogP contribution in [0.5, 0.6) is 0 Å². The molecule has 15 atom stereocenters. The first-order valence-corrected chi connectivity index (χ1v) is 13.8. The van der Waals surface area contributed by atoms with Crippen molar-refractivity contribution in [3.63, 3.8) is 0 Å². The van der Waals surface area contributed by atoms with Crippen molar-refractivity contribution in [2.24, 2.45) is 0 Å². The van der Waals surface area contributed by atoms with Crippen molar-refractivity contribution in [3.8, 4) is 0 Å². The molecule has 3 aliphatic rings. The molecule has 41 heavy (non-hydrogen) atoms. The molecule has 0 saturated carbocycles. The first-order valence-electron chi connectivity index (χ1n) is 12.3. The Morgan fingerprint density at radius 1 is 0.756 bits per heavy atom. The molecule has 0 aromatic rings. The van der Waals surface area contributed by atoms with Crippen LogP contribution in [0.25, 0.3) is 0 Å². The second kappa shape index (κ2) is 14.2. The summed E-state index contributed by atoms with van der Waals surface area (Å²) in [7, 11) is -5.39. The molecule has 0 aromatic heterocycles. The van der Waals surface area contributed by atoms with Crippen LogP contribution >= 0.6 is 7.82 Å². The molecule has 3 fully saturated rings. The summed E-state index contributed by atoms with van der Waals surface area (Å²) in [5.41, 5.74) is 0. The minimum Gasteiger partial charge on any atom is -0.394 e. The predicted octanol–water partition coefficient (Wildman–Crippen LogP) is -7.31. The van der Waals surface area contributed by atoms with Crippen LogP contribution in [0.15, 0.2) is 0 Å². The lowest BCUT2D eigenvalue weighted by Gasteiger charge is -2.47. The highest BCUT2D eigenvalue weighted by Crippen LogP contribution is 2.42. The monoisotopic (exact) mass is 625 g/mol. The molecule has 21 heteroatoms. The summed E-state index contributed by atoms with van der Waals surface area (Å²) in [6, 6.07) is -1.51. The van der Waals surface area contributed by atoms with Crippen LogP contribution in [0.1, 0.15) is 6.92 Å². The van der Waals surface area contributed by atoms with E-state index in [1.54, 1.807) is 0 Å². The average Bonchev–Trinajstić information content (AvgIpc) is 2.89. The van der Waals surface area contributed by atoms with Crippen molar-refractivity contribution < 1.29 is 93.3 Å². The van der Waals surface area contributed by atoms with Gasteiger partial charge in [0.25, 0.3) is 0 Å². The number of carbonyl (C=O) groups excluding carboxylic acids is 1. The topological polar surface area (TPSA) is 324 Å². The molecule has 12 N–H and O–H groups in total. The van der Waals surface area contributed by atoms with Crippen molar-refractivity contribution >= 4 is 13.7 Å². The number of amides is 1. The Labute approximate surface area is 231 Å². The smallest absolute Gasteiger partial charge is 0.394 e. The molecule has 3 aliphatic heterocycles. The number of hydrogen-bond donors (Lipinski definition) is 12. The molecule has 0 bridgehead atoms. The third kappa shape index (κ3) is 8.15. The molecule has 240 valence electrons. The second-order valence-electron chi connectivity index (χ2n) is 9.68. The molecule has 3 rings (SSSR count). The molecular weight excluding hydrogens is 589 g/mol. The van der Waals surface area contributed by atoms with Crippen LogP contribution in [0.2, 0.25) is 0 Å². The largest absolute Gasteiger partial charge is 0.470 e. The van der Waals surface area contributed by atoms with E-state index in [1.165, 1.54) is 0 Å². The molecule has 3 saturated heterocycles. The highest BCUT2D eigenvalue weighted by molar-refractivity contribution is 7.46. The summed E-state index contributed by atoms with van der Waals surface area (Å²) >= 11 is 0. The summed E-state index contributed by atoms with van der Waals surface area (Å²) in [5, 5.41) is 93.4. The molecule has 20 nitrogen and oxygen atoms in total. The highest BCUT2D eigenvalue weighted by Gasteiger charge is 2.53. The van der Waals surface area contributed by atoms with E-state index in [9.17, 15) is 65.1 Å². The Balaban J connectivity index is 1.82. The fourth-order valence-electron chi connectivity index (χ4n) is 4.61. The zero-order valence-corrected chi connectivity index (χ0v) is 22.3. The van der Waals surface area contributed by atoms with Gasteiger partial charge in [0.1, 0.15) is 73.2 Å². The number of phosphoric acid groups is 1. The maximum absolute atomic E-state index is 11.6. The lowest BCUT2D eigenvalue weighted by Crippen LogP contribution is -2.67. The summed E-state index contributed by atoms with van der Waals surface area (Å²) < 4.78 is 42.9. The van der Waals surface area contributed by atoms with E-state index in [0.29, 0.717) is 0 Å². The molecule has 0 spiro atoms. The molecule has 0 radical (unpaired) electrons. The fraction of sp³-hybridized carbons (Fsp3) is 0.950. The third-order valence-electron chi connectivity index (χ3n) is 6.71. The zero-order chi connectivity index (χ0) is 30.8. The SMILES string of the molecule is CC(=O)N[C@H]1C(O)O[C@H](CO)[C@@H](O[C@H]2O[C@H](CO[C@H]3O[C@H](CO)[C@@H](O)[C@H](O)[C@@H]3O)[C@@H](O)[C@H](O)[C@@H]2OP(=O)(O)O)[C@@H]1O. The average molecular weight is 625 g/mol. The maximum Gasteiger partial charge on any atom is 0.470 e. The van der Waals surface area contributed by atoms with Crippen molar-refractivity contribution in [1.82, 2.24) is 5.32 Å². The number of hydrogen-bond acceptors (Lipinski definition) is 17. The number of rotatable bonds is 10. The number of ether oxygens (including phenoxy) is 5. The van der Waals surface area contributed by atoms with E-state index < -0.39 is 126 Å². The fourth-order valence-corrected chi connectivity index (χ4v) is 5.15. The van der Waals surface area contributed by atoms with Gasteiger partial charge in [0.05, 0.1) is 19.8 Å². The van der Waals surface area contributed by atoms with Crippen molar-refractivity contribution in [3.05, 3.63) is 0 Å². The molecule has 1 amide bonds. The zero-order valence-electron chi connectivity index (χ0n) is 21.4. The Morgan fingerprint density at radius 3 is 1.90 bits per heavy atom. The first-order chi connectivity index (χ1) is 19.1. The normalized spacial score (nSPS) is 45.8. The van der Waals surface area contributed by atoms with E-state index in [1.807, 2.05) is 0 Å². The van der Waals surface area contributed by atoms with Gasteiger partial charge in [-0.05, 0) is 0 Å². The Bertz CT molecular complexity index is 908. The summed E-state index contributed by atoms with van der Waals surface area (Å²) in [4.78, 5) is 30.2. The van der Waals surface area contributed by atoms with Crippen LogP contribution in [0.3, 0.4) is 0 Å². The minimum absolute atomic E-state index is 0.696. The Morgan fingerprint density at radius 2 is 1.34 bits per heavy atom. The first kappa shape index (κ1) is 34.5. The summed E-state index contributed by atoms with van der Waals surface area (Å²) in [6.45, 7) is -1.34. The van der Waals surface area contributed by atoms with Gasteiger partial charge in [-0.3, -0.25) is 9.32 Å². The van der Waals surface area contributed by atoms with Gasteiger partial charge < -0.3 is 84.7 Å². The van der Waals surface area contributed by atoms with Crippen molar-refractivity contribution in [2.75, 3.05) is 19.8 Å². The quantitative estimate of drug-likeness (QED) is 0.100. The third-order valence-corrected chi connectivity index (χ3v) is 7.23. The van der Waals surface area contributed by atoms with E-state index in [2.05, 4.69) is 9.84 Å². The standard InChI is InChI=1S/C20H36NO19P/c1-5(24)21-9-12(27)16(7(3-23)36-18(9)31)39-20-17(40-41(32,33)34)14(29)11(26)8(38-20)4-35-19-15(30)13(28)10(25)6(2-22)37-19/h6-20,22-23,25-31H,2-4H2,1H3,(H,21,24)(H2,32,33,34)/t6-,7-,8-,9-,10-,11-,12-,13+,14+,15+,16-,17+,18?,19+,20-/m1/s1. The summed E-state index contributed by atoms with van der Waals surface area (Å²) in [6.07, 6.45) is -25.2. The van der Waals surface area contributed by atoms with Crippen LogP contribution in [-0.4, -0.2) is 174 Å². The number of aliphatic hydroxyl groups is 9. The molecule has 0 aliphatic carbocycles. The summed E-state index contributed by atoms with van der Waals surface area (Å²) in [5.74, 6) is -0.696. The number of nitrogens with one attached hydrogen (secondary N) is 1. The predicted molar refractivity (Wildman–Crippen MR) is 124 cm³/mol. The number of carbonyl (C=O) groups is 1. The van der Waals surface area contributed by atoms with E-state index in [0.717, 1.165) is 6.92 Å².